The fourth-order valence-electron chi connectivity index (χ4n) is 7.71. The number of aromatic nitrogens is 1. The number of ether oxygens (including phenoxy) is 2. The minimum Gasteiger partial charge on any atom is -0.497 e. The third-order valence-electron chi connectivity index (χ3n) is 10.4. The van der Waals surface area contributed by atoms with E-state index in [-0.39, 0.29) is 23.9 Å². The Bertz CT molecular complexity index is 2250. The number of nitrogens with one attached hydrogen (secondary N) is 1. The van der Waals surface area contributed by atoms with E-state index in [9.17, 15) is 28.1 Å². The molecular weight excluding hydrogens is 721 g/mol. The molecule has 0 radical (unpaired) electrons. The van der Waals surface area contributed by atoms with Crippen molar-refractivity contribution in [3.63, 3.8) is 0 Å². The molecule has 1 fully saturated rings. The van der Waals surface area contributed by atoms with Crippen molar-refractivity contribution < 1.29 is 32.4 Å². The van der Waals surface area contributed by atoms with E-state index < -0.39 is 32.2 Å². The monoisotopic (exact) mass is 770 g/mol. The minimum atomic E-state index is -4.05. The van der Waals surface area contributed by atoms with Gasteiger partial charge < -0.3 is 19.4 Å². The summed E-state index contributed by atoms with van der Waals surface area (Å²) in [5, 5.41) is 15.6. The number of nitrogens with zero attached hydrogens (tertiary/aromatic N) is 3. The number of sulfonamides is 1. The van der Waals surface area contributed by atoms with Crippen LogP contribution in [0.1, 0.15) is 99.5 Å². The lowest BCUT2D eigenvalue weighted by Gasteiger charge is -2.24. The zero-order valence-corrected chi connectivity index (χ0v) is 33.0. The highest BCUT2D eigenvalue weighted by atomic mass is 32.2. The Morgan fingerprint density at radius 3 is 2.45 bits per heavy atom. The zero-order chi connectivity index (χ0) is 39.5. The summed E-state index contributed by atoms with van der Waals surface area (Å²) in [6, 6.07) is 17.1. The quantitative estimate of drug-likeness (QED) is 0.0619. The number of fused-ring (bicyclic) bond motifs is 5. The molecule has 1 amide bonds. The molecule has 2 aliphatic rings. The maximum Gasteiger partial charge on any atom is 0.338 e. The van der Waals surface area contributed by atoms with E-state index in [1.807, 2.05) is 57.2 Å². The van der Waals surface area contributed by atoms with Crippen molar-refractivity contribution in [2.45, 2.75) is 95.1 Å². The van der Waals surface area contributed by atoms with Gasteiger partial charge in [0.2, 0.25) is 15.9 Å². The summed E-state index contributed by atoms with van der Waals surface area (Å²) >= 11 is 0. The van der Waals surface area contributed by atoms with Gasteiger partial charge in [0, 0.05) is 48.2 Å². The Hall–Kier alpha value is -5.01. The molecule has 0 atom stereocenters. The van der Waals surface area contributed by atoms with Crippen molar-refractivity contribution in [3.05, 3.63) is 93.0 Å². The van der Waals surface area contributed by atoms with Crippen LogP contribution < -0.4 is 10.1 Å². The van der Waals surface area contributed by atoms with E-state index in [1.165, 1.54) is 43.3 Å². The lowest BCUT2D eigenvalue weighted by Crippen LogP contribution is -2.29. The molecule has 12 nitrogen and oxygen atoms in total. The highest BCUT2D eigenvalue weighted by Gasteiger charge is 2.32. The molecule has 0 spiro atoms. The molecule has 3 aromatic carbocycles. The van der Waals surface area contributed by atoms with Gasteiger partial charge in [-0.3, -0.25) is 14.9 Å². The lowest BCUT2D eigenvalue weighted by molar-refractivity contribution is -0.387. The van der Waals surface area contributed by atoms with Crippen LogP contribution in [-0.2, 0) is 26.1 Å². The summed E-state index contributed by atoms with van der Waals surface area (Å²) in [6.07, 6.45) is 9.31. The number of nitro groups is 1. The molecule has 1 saturated carbocycles. The predicted molar refractivity (Wildman–Crippen MR) is 213 cm³/mol. The number of carbonyl (C=O) groups is 2. The number of para-hydroxylation sites is 1. The normalized spacial score (nSPS) is 14.8. The number of amides is 1. The fourth-order valence-corrected chi connectivity index (χ4v) is 9.07. The number of carbonyl (C=O) groups excluding carboxylic acids is 2. The van der Waals surface area contributed by atoms with E-state index in [1.54, 1.807) is 7.11 Å². The van der Waals surface area contributed by atoms with Crippen LogP contribution in [0.3, 0.4) is 0 Å². The molecular formula is C42H50N4O8S. The van der Waals surface area contributed by atoms with Gasteiger partial charge in [-0.05, 0) is 106 Å². The molecule has 1 aliphatic carbocycles. The molecule has 0 bridgehead atoms. The number of esters is 1. The van der Waals surface area contributed by atoms with Crippen LogP contribution in [0, 0.1) is 10.1 Å². The van der Waals surface area contributed by atoms with Gasteiger partial charge in [0.25, 0.3) is 5.69 Å². The van der Waals surface area contributed by atoms with Crippen LogP contribution in [-0.4, -0.2) is 66.9 Å². The summed E-state index contributed by atoms with van der Waals surface area (Å²) in [6.45, 7) is 6.37. The average Bonchev–Trinajstić information content (AvgIpc) is 3.37. The number of nitro benzene ring substituents is 1. The highest BCUT2D eigenvalue weighted by Crippen LogP contribution is 2.47. The maximum absolute atomic E-state index is 14.0. The summed E-state index contributed by atoms with van der Waals surface area (Å²) in [5.41, 5.74) is 4.95. The molecule has 1 aromatic heterocycles. The van der Waals surface area contributed by atoms with E-state index in [4.69, 9.17) is 9.47 Å². The maximum atomic E-state index is 14.0. The molecule has 4 aromatic rings. The second-order valence-electron chi connectivity index (χ2n) is 15.4. The first-order chi connectivity index (χ1) is 26.2. The highest BCUT2D eigenvalue weighted by molar-refractivity contribution is 7.89. The Labute approximate surface area is 322 Å². The number of hydrogen-bond donors (Lipinski definition) is 1. The molecule has 292 valence electrons. The lowest BCUT2D eigenvalue weighted by atomic mass is 9.81. The largest absolute Gasteiger partial charge is 0.497 e. The zero-order valence-electron chi connectivity index (χ0n) is 32.2. The van der Waals surface area contributed by atoms with Crippen molar-refractivity contribution in [3.8, 4) is 17.0 Å². The summed E-state index contributed by atoms with van der Waals surface area (Å²) < 4.78 is 40.9. The van der Waals surface area contributed by atoms with E-state index in [0.29, 0.717) is 48.6 Å². The van der Waals surface area contributed by atoms with Gasteiger partial charge in [0.15, 0.2) is 4.90 Å². The first-order valence-electron chi connectivity index (χ1n) is 19.0. The van der Waals surface area contributed by atoms with Crippen LogP contribution in [0.4, 0.5) is 5.69 Å². The molecule has 0 saturated heterocycles. The van der Waals surface area contributed by atoms with Crippen molar-refractivity contribution in [1.82, 2.24) is 14.2 Å². The number of rotatable bonds is 13. The smallest absolute Gasteiger partial charge is 0.338 e. The topological polar surface area (TPSA) is 150 Å². The molecule has 1 aliphatic heterocycles. The van der Waals surface area contributed by atoms with Gasteiger partial charge in [0.1, 0.15) is 11.4 Å². The van der Waals surface area contributed by atoms with Gasteiger partial charge in [-0.25, -0.2) is 17.5 Å². The van der Waals surface area contributed by atoms with Gasteiger partial charge >= 0.3 is 5.97 Å². The van der Waals surface area contributed by atoms with Gasteiger partial charge in [0.05, 0.1) is 29.8 Å². The Morgan fingerprint density at radius 2 is 1.75 bits per heavy atom. The fraction of sp³-hybridized carbons (Fsp3) is 0.429. The minimum absolute atomic E-state index is 0.171. The van der Waals surface area contributed by atoms with Gasteiger partial charge in [-0.15, -0.1) is 0 Å². The second-order valence-corrected chi connectivity index (χ2v) is 17.4. The summed E-state index contributed by atoms with van der Waals surface area (Å²) in [4.78, 5) is 37.7. The Kier molecular flexibility index (Phi) is 11.8. The standard InChI is InChI=1S/C42H50N4O8S/c1-42(2,3)54-41(48)29-18-20-34-36(26-29)45-27-31(24-30-25-32(53-5)19-21-33(30)39(45)38(34)28-14-8-6-9-15-28)40(47)43-22-12-7-13-23-44(4)55(51,52)37-17-11-10-16-35(37)46(49)50/h10-11,16-21,24-26,28H,6-9,12-15,22-23,27H2,1-5H3,(H,43,47). The van der Waals surface area contributed by atoms with Gasteiger partial charge in [-0.2, -0.15) is 0 Å². The molecule has 1 N–H and O–H groups in total. The SMILES string of the molecule is COc1ccc2c(c1)C=C(C(=O)NCCCCCN(C)S(=O)(=O)c1ccccc1[N+](=O)[O-])Cn1c-2c(C2CCCCC2)c2ccc(C(=O)OC(C)(C)C)cc21. The van der Waals surface area contributed by atoms with Crippen molar-refractivity contribution in [1.29, 1.82) is 0 Å². The molecule has 0 unspecified atom stereocenters. The van der Waals surface area contributed by atoms with Gasteiger partial charge in [-0.1, -0.05) is 43.9 Å². The third-order valence-corrected chi connectivity index (χ3v) is 12.3. The Balaban J connectivity index is 1.23. The van der Waals surface area contributed by atoms with Crippen LogP contribution >= 0.6 is 0 Å². The van der Waals surface area contributed by atoms with Crippen LogP contribution in [0.5, 0.6) is 5.75 Å². The second kappa shape index (κ2) is 16.4. The third kappa shape index (κ3) is 8.63. The Morgan fingerprint density at radius 1 is 1.00 bits per heavy atom. The van der Waals surface area contributed by atoms with E-state index in [0.717, 1.165) is 57.7 Å². The average molecular weight is 771 g/mol. The molecule has 6 rings (SSSR count). The summed E-state index contributed by atoms with van der Waals surface area (Å²) in [5.74, 6) is 0.394. The first-order valence-corrected chi connectivity index (χ1v) is 20.4. The number of hydrogen-bond acceptors (Lipinski definition) is 8. The van der Waals surface area contributed by atoms with E-state index >= 15 is 0 Å². The molecule has 2 heterocycles. The first kappa shape index (κ1) is 39.7. The predicted octanol–water partition coefficient (Wildman–Crippen LogP) is 8.23. The van der Waals surface area contributed by atoms with Crippen molar-refractivity contribution >= 4 is 44.6 Å². The van der Waals surface area contributed by atoms with Crippen LogP contribution in [0.15, 0.2) is 71.1 Å². The number of unbranched alkanes of at least 4 members (excludes halogenated alkanes) is 2. The van der Waals surface area contributed by atoms with Crippen molar-refractivity contribution in [2.75, 3.05) is 27.2 Å². The number of benzene rings is 3. The van der Waals surface area contributed by atoms with Crippen LogP contribution in [0.25, 0.3) is 28.2 Å². The van der Waals surface area contributed by atoms with Crippen molar-refractivity contribution in [2.24, 2.45) is 0 Å². The summed E-state index contributed by atoms with van der Waals surface area (Å²) in [7, 11) is -1.02. The van der Waals surface area contributed by atoms with E-state index in [2.05, 4.69) is 16.0 Å². The van der Waals surface area contributed by atoms with Crippen LogP contribution in [0.2, 0.25) is 0 Å². The number of methoxy groups -OCH3 is 1. The molecule has 13 heteroatoms. The molecule has 55 heavy (non-hydrogen) atoms.